The molecule has 22 heavy (non-hydrogen) atoms. The van der Waals surface area contributed by atoms with Crippen LogP contribution in [0, 0.1) is 6.92 Å². The Morgan fingerprint density at radius 1 is 1.09 bits per heavy atom. The van der Waals surface area contributed by atoms with E-state index in [0.29, 0.717) is 13.2 Å². The largest absolute Gasteiger partial charge is 0.370 e. The second kappa shape index (κ2) is 6.32. The molecule has 0 radical (unpaired) electrons. The third kappa shape index (κ3) is 2.90. The van der Waals surface area contributed by atoms with E-state index in [-0.39, 0.29) is 18.1 Å². The smallest absolute Gasteiger partial charge is 0.254 e. The first-order valence-electron chi connectivity index (χ1n) is 7.70. The number of carbonyl (C=O) groups is 1. The van der Waals surface area contributed by atoms with E-state index in [1.807, 2.05) is 61.2 Å². The van der Waals surface area contributed by atoms with Gasteiger partial charge in [0, 0.05) is 5.56 Å². The monoisotopic (exact) mass is 295 g/mol. The van der Waals surface area contributed by atoms with Gasteiger partial charge in [-0.3, -0.25) is 4.79 Å². The maximum absolute atomic E-state index is 12.9. The van der Waals surface area contributed by atoms with Crippen molar-refractivity contribution in [3.63, 3.8) is 0 Å². The molecule has 0 bridgehead atoms. The number of morpholine rings is 1. The lowest BCUT2D eigenvalue weighted by Gasteiger charge is -2.38. The number of hydrogen-bond acceptors (Lipinski definition) is 2. The molecular weight excluding hydrogens is 274 g/mol. The Labute approximate surface area is 131 Å². The van der Waals surface area contributed by atoms with Gasteiger partial charge >= 0.3 is 0 Å². The van der Waals surface area contributed by atoms with Crippen molar-refractivity contribution >= 4 is 5.91 Å². The van der Waals surface area contributed by atoms with Crippen LogP contribution in [-0.2, 0) is 4.74 Å². The Hall–Kier alpha value is -2.13. The topological polar surface area (TPSA) is 29.5 Å². The van der Waals surface area contributed by atoms with Gasteiger partial charge in [-0.05, 0) is 31.0 Å². The zero-order chi connectivity index (χ0) is 15.5. The molecule has 0 spiro atoms. The van der Waals surface area contributed by atoms with Gasteiger partial charge < -0.3 is 9.64 Å². The number of hydrogen-bond donors (Lipinski definition) is 0. The lowest BCUT2D eigenvalue weighted by Crippen LogP contribution is -2.48. The van der Waals surface area contributed by atoms with Crippen molar-refractivity contribution in [3.8, 4) is 0 Å². The van der Waals surface area contributed by atoms with Crippen LogP contribution >= 0.6 is 0 Å². The molecule has 1 heterocycles. The molecule has 1 aliphatic rings. The van der Waals surface area contributed by atoms with E-state index in [2.05, 4.69) is 12.1 Å². The fourth-order valence-corrected chi connectivity index (χ4v) is 2.88. The van der Waals surface area contributed by atoms with Gasteiger partial charge in [0.25, 0.3) is 5.91 Å². The van der Waals surface area contributed by atoms with Crippen LogP contribution in [-0.4, -0.2) is 30.0 Å². The van der Waals surface area contributed by atoms with E-state index < -0.39 is 0 Å². The van der Waals surface area contributed by atoms with Gasteiger partial charge in [0.15, 0.2) is 0 Å². The van der Waals surface area contributed by atoms with Crippen molar-refractivity contribution < 1.29 is 9.53 Å². The molecule has 2 aromatic rings. The predicted octanol–water partition coefficient (Wildman–Crippen LogP) is 3.60. The summed E-state index contributed by atoms with van der Waals surface area (Å²) < 4.78 is 5.93. The lowest BCUT2D eigenvalue weighted by molar-refractivity contribution is -0.0486. The van der Waals surface area contributed by atoms with E-state index >= 15 is 0 Å². The number of amides is 1. The number of aryl methyl sites for hydroxylation is 1. The maximum atomic E-state index is 12.9. The second-order valence-electron chi connectivity index (χ2n) is 5.85. The average molecular weight is 295 g/mol. The van der Waals surface area contributed by atoms with Crippen LogP contribution in [0.3, 0.4) is 0 Å². The van der Waals surface area contributed by atoms with Crippen LogP contribution < -0.4 is 0 Å². The first-order chi connectivity index (χ1) is 10.7. The number of carbonyl (C=O) groups excluding carboxylic acids is 1. The number of nitrogens with zero attached hydrogens (tertiary/aromatic N) is 1. The van der Waals surface area contributed by atoms with Crippen LogP contribution in [0.1, 0.15) is 34.5 Å². The summed E-state index contributed by atoms with van der Waals surface area (Å²) in [6, 6.07) is 18.0. The predicted molar refractivity (Wildman–Crippen MR) is 86.8 cm³/mol. The summed E-state index contributed by atoms with van der Waals surface area (Å²) in [5.74, 6) is 0.0924. The molecule has 2 atom stereocenters. The van der Waals surface area contributed by atoms with Crippen LogP contribution in [0.15, 0.2) is 54.6 Å². The van der Waals surface area contributed by atoms with Gasteiger partial charge in [0.2, 0.25) is 0 Å². The highest BCUT2D eigenvalue weighted by Gasteiger charge is 2.31. The van der Waals surface area contributed by atoms with Gasteiger partial charge in [-0.25, -0.2) is 0 Å². The number of rotatable bonds is 2. The molecule has 3 rings (SSSR count). The second-order valence-corrected chi connectivity index (χ2v) is 5.85. The molecule has 2 aromatic carbocycles. The minimum atomic E-state index is -0.0506. The fourth-order valence-electron chi connectivity index (χ4n) is 2.88. The fraction of sp³-hybridized carbons (Fsp3) is 0.316. The maximum Gasteiger partial charge on any atom is 0.254 e. The molecule has 0 N–H and O–H groups in total. The van der Waals surface area contributed by atoms with Gasteiger partial charge in [0.05, 0.1) is 19.2 Å². The van der Waals surface area contributed by atoms with Crippen LogP contribution in [0.25, 0.3) is 0 Å². The zero-order valence-corrected chi connectivity index (χ0v) is 13.0. The highest BCUT2D eigenvalue weighted by atomic mass is 16.5. The molecule has 1 amide bonds. The molecular formula is C19H21NO2. The molecule has 3 heteroatoms. The summed E-state index contributed by atoms with van der Waals surface area (Å²) in [4.78, 5) is 14.8. The third-order valence-corrected chi connectivity index (χ3v) is 4.24. The van der Waals surface area contributed by atoms with E-state index in [0.717, 1.165) is 16.7 Å². The standard InChI is InChI=1S/C19H21NO2/c1-14-8-6-7-11-17(14)19(21)20-12-18(22-13-15(20)2)16-9-4-3-5-10-16/h3-11,15,18H,12-13H2,1-2H3. The Morgan fingerprint density at radius 3 is 2.50 bits per heavy atom. The molecule has 114 valence electrons. The van der Waals surface area contributed by atoms with E-state index in [1.165, 1.54) is 0 Å². The highest BCUT2D eigenvalue weighted by molar-refractivity contribution is 5.95. The molecule has 2 unspecified atom stereocenters. The number of ether oxygens (including phenoxy) is 1. The van der Waals surface area contributed by atoms with Crippen LogP contribution in [0.5, 0.6) is 0 Å². The Balaban J connectivity index is 1.83. The number of benzene rings is 2. The summed E-state index contributed by atoms with van der Waals surface area (Å²) in [5, 5.41) is 0. The van der Waals surface area contributed by atoms with Crippen molar-refractivity contribution in [2.45, 2.75) is 26.0 Å². The van der Waals surface area contributed by atoms with Gasteiger partial charge in [-0.15, -0.1) is 0 Å². The zero-order valence-electron chi connectivity index (χ0n) is 13.0. The Morgan fingerprint density at radius 2 is 1.77 bits per heavy atom. The molecule has 1 aliphatic heterocycles. The minimum Gasteiger partial charge on any atom is -0.370 e. The summed E-state index contributed by atoms with van der Waals surface area (Å²) in [6.45, 7) is 5.18. The van der Waals surface area contributed by atoms with Crippen molar-refractivity contribution in [1.29, 1.82) is 0 Å². The molecule has 0 aliphatic carbocycles. The van der Waals surface area contributed by atoms with Crippen molar-refractivity contribution in [3.05, 3.63) is 71.3 Å². The van der Waals surface area contributed by atoms with Gasteiger partial charge in [0.1, 0.15) is 6.10 Å². The Kier molecular flexibility index (Phi) is 4.25. The van der Waals surface area contributed by atoms with Crippen molar-refractivity contribution in [2.75, 3.05) is 13.2 Å². The van der Waals surface area contributed by atoms with Crippen LogP contribution in [0.2, 0.25) is 0 Å². The molecule has 0 aromatic heterocycles. The summed E-state index contributed by atoms with van der Waals surface area (Å²) in [6.07, 6.45) is -0.0506. The highest BCUT2D eigenvalue weighted by Crippen LogP contribution is 2.26. The molecule has 3 nitrogen and oxygen atoms in total. The van der Waals surface area contributed by atoms with E-state index in [4.69, 9.17) is 4.74 Å². The van der Waals surface area contributed by atoms with E-state index in [1.54, 1.807) is 0 Å². The Bertz CT molecular complexity index is 653. The first-order valence-corrected chi connectivity index (χ1v) is 7.70. The van der Waals surface area contributed by atoms with Crippen molar-refractivity contribution in [2.24, 2.45) is 0 Å². The van der Waals surface area contributed by atoms with E-state index in [9.17, 15) is 4.79 Å². The first kappa shape index (κ1) is 14.8. The normalized spacial score (nSPS) is 21.6. The summed E-state index contributed by atoms with van der Waals surface area (Å²) >= 11 is 0. The van der Waals surface area contributed by atoms with Crippen molar-refractivity contribution in [1.82, 2.24) is 4.90 Å². The summed E-state index contributed by atoms with van der Waals surface area (Å²) in [5.41, 5.74) is 2.92. The molecule has 1 fully saturated rings. The quantitative estimate of drug-likeness (QED) is 0.847. The lowest BCUT2D eigenvalue weighted by atomic mass is 10.0. The van der Waals surface area contributed by atoms with Gasteiger partial charge in [-0.2, -0.15) is 0 Å². The molecule has 1 saturated heterocycles. The third-order valence-electron chi connectivity index (χ3n) is 4.24. The molecule has 0 saturated carbocycles. The van der Waals surface area contributed by atoms with Gasteiger partial charge in [-0.1, -0.05) is 48.5 Å². The summed E-state index contributed by atoms with van der Waals surface area (Å²) in [7, 11) is 0. The van der Waals surface area contributed by atoms with Crippen LogP contribution in [0.4, 0.5) is 0 Å². The minimum absolute atomic E-state index is 0.0506. The SMILES string of the molecule is Cc1ccccc1C(=O)N1CC(c2ccccc2)OCC1C. The average Bonchev–Trinajstić information content (AvgIpc) is 2.56.